The molecule has 0 fully saturated rings. The number of aromatic nitrogens is 12. The van der Waals surface area contributed by atoms with E-state index in [1.165, 1.54) is 0 Å². The second kappa shape index (κ2) is 28.7. The number of aryl methyl sites for hydroxylation is 6. The fraction of sp³-hybridized carbons (Fsp3) is 0.357. The van der Waals surface area contributed by atoms with E-state index in [1.807, 2.05) is 107 Å². The van der Waals surface area contributed by atoms with Gasteiger partial charge in [-0.25, -0.2) is 63.6 Å². The molecule has 6 heterocycles. The third-order valence-corrected chi connectivity index (χ3v) is 10.9. The molecule has 6 rings (SSSR count). The van der Waals surface area contributed by atoms with E-state index in [1.54, 1.807) is 75.1 Å². The van der Waals surface area contributed by atoms with Crippen molar-refractivity contribution < 1.29 is 103 Å². The monoisotopic (exact) mass is 1110 g/mol. The molecule has 0 N–H and O–H groups in total. The SMILES string of the molecule is Cn1ccnc1.Cn1ccnc1.Cn1ccnc1.Cn1ccnc1.Cn1ccnc1.Cn1ccnc1.O=S(=O)([N-]S(=O)(=O)C(F)(F)F)C(F)(F)F.O=S(=O)([N-]S(=O)(=O)C(F)(F)F)C(F)(F)F.[Mn+2]. The number of halogens is 12. The summed E-state index contributed by atoms with van der Waals surface area (Å²) in [6.45, 7) is 0. The molecule has 0 saturated carbocycles. The summed E-state index contributed by atoms with van der Waals surface area (Å²) in [4.78, 5) is 22.7. The van der Waals surface area contributed by atoms with Crippen molar-refractivity contribution >= 4 is 40.1 Å². The Morgan fingerprint density at radius 1 is 0.313 bits per heavy atom. The van der Waals surface area contributed by atoms with Crippen LogP contribution in [-0.4, -0.2) is 113 Å². The van der Waals surface area contributed by atoms with Crippen molar-refractivity contribution in [2.24, 2.45) is 42.3 Å². The largest absolute Gasteiger partial charge is 2.00 e. The molecule has 6 aromatic rings. The van der Waals surface area contributed by atoms with Crippen LogP contribution in [-0.2, 0) is 99.4 Å². The molecule has 6 aromatic heterocycles. The van der Waals surface area contributed by atoms with Gasteiger partial charge in [0.1, 0.15) is 0 Å². The molecular formula is C28H36F12MnN14O8S4. The first-order valence-electron chi connectivity index (χ1n) is 16.0. The van der Waals surface area contributed by atoms with E-state index in [9.17, 15) is 86.4 Å². The van der Waals surface area contributed by atoms with Crippen molar-refractivity contribution in [1.29, 1.82) is 0 Å². The van der Waals surface area contributed by atoms with E-state index in [-0.39, 0.29) is 17.1 Å². The number of hydrogen-bond donors (Lipinski definition) is 0. The Morgan fingerprint density at radius 2 is 0.433 bits per heavy atom. The van der Waals surface area contributed by atoms with Crippen LogP contribution in [0.25, 0.3) is 8.25 Å². The fourth-order valence-corrected chi connectivity index (χ4v) is 5.80. The zero-order valence-electron chi connectivity index (χ0n) is 34.5. The molecule has 0 aliphatic rings. The Bertz CT molecular complexity index is 2170. The topological polar surface area (TPSA) is 272 Å². The average molecular weight is 1110 g/mol. The second-order valence-electron chi connectivity index (χ2n) is 11.2. The van der Waals surface area contributed by atoms with Crippen LogP contribution in [0.3, 0.4) is 0 Å². The molecule has 0 aromatic carbocycles. The number of nitrogens with zero attached hydrogens (tertiary/aromatic N) is 14. The normalized spacial score (nSPS) is 11.6. The predicted octanol–water partition coefficient (Wildman–Crippen LogP) is 4.64. The Kier molecular flexibility index (Phi) is 28.3. The van der Waals surface area contributed by atoms with Gasteiger partial charge in [-0.2, -0.15) is 52.7 Å². The van der Waals surface area contributed by atoms with E-state index in [0.717, 1.165) is 8.25 Å². The second-order valence-corrected chi connectivity index (χ2v) is 18.0. The molecular weight excluding hydrogens is 1070 g/mol. The summed E-state index contributed by atoms with van der Waals surface area (Å²) in [6, 6.07) is 0. The summed E-state index contributed by atoms with van der Waals surface area (Å²) in [5, 5.41) is 0. The third-order valence-electron chi connectivity index (χ3n) is 5.38. The van der Waals surface area contributed by atoms with Gasteiger partial charge in [0, 0.05) is 117 Å². The van der Waals surface area contributed by atoms with Crippen molar-refractivity contribution in [1.82, 2.24) is 57.3 Å². The summed E-state index contributed by atoms with van der Waals surface area (Å²) >= 11 is 0. The molecule has 1 radical (unpaired) electrons. The average Bonchev–Trinajstić information content (AvgIpc) is 4.00. The van der Waals surface area contributed by atoms with Crippen LogP contribution in [0.5, 0.6) is 0 Å². The summed E-state index contributed by atoms with van der Waals surface area (Å²) in [6.07, 6.45) is 32.3. The van der Waals surface area contributed by atoms with Gasteiger partial charge < -0.3 is 35.7 Å². The van der Waals surface area contributed by atoms with E-state index in [2.05, 4.69) is 29.9 Å². The maximum Gasteiger partial charge on any atom is 2.00 e. The minimum Gasteiger partial charge on any atom is -0.421 e. The van der Waals surface area contributed by atoms with Gasteiger partial charge in [0.2, 0.25) is 0 Å². The zero-order chi connectivity index (χ0) is 51.8. The van der Waals surface area contributed by atoms with Crippen molar-refractivity contribution in [3.63, 3.8) is 0 Å². The van der Waals surface area contributed by atoms with E-state index in [0.29, 0.717) is 0 Å². The van der Waals surface area contributed by atoms with E-state index >= 15 is 0 Å². The molecule has 0 bridgehead atoms. The molecule has 0 aliphatic carbocycles. The summed E-state index contributed by atoms with van der Waals surface area (Å²) < 4.78 is 230. The molecule has 381 valence electrons. The zero-order valence-corrected chi connectivity index (χ0v) is 38.9. The van der Waals surface area contributed by atoms with Crippen molar-refractivity contribution in [2.45, 2.75) is 22.0 Å². The van der Waals surface area contributed by atoms with Crippen LogP contribution in [0.15, 0.2) is 112 Å². The molecule has 0 aliphatic heterocycles. The van der Waals surface area contributed by atoms with Crippen LogP contribution in [0.4, 0.5) is 52.7 Å². The minimum atomic E-state index is -6.72. The Morgan fingerprint density at radius 3 is 0.478 bits per heavy atom. The van der Waals surface area contributed by atoms with E-state index in [4.69, 9.17) is 0 Å². The van der Waals surface area contributed by atoms with Gasteiger partial charge in [0.25, 0.3) is 0 Å². The Labute approximate surface area is 384 Å². The van der Waals surface area contributed by atoms with Crippen LogP contribution in [0, 0.1) is 0 Å². The molecule has 0 atom stereocenters. The first-order valence-corrected chi connectivity index (χ1v) is 21.8. The van der Waals surface area contributed by atoms with E-state index < -0.39 is 62.1 Å². The first kappa shape index (κ1) is 65.9. The van der Waals surface area contributed by atoms with Crippen molar-refractivity contribution in [2.75, 3.05) is 0 Å². The van der Waals surface area contributed by atoms with Crippen molar-refractivity contribution in [3.05, 3.63) is 121 Å². The van der Waals surface area contributed by atoms with Crippen LogP contribution in [0.1, 0.15) is 0 Å². The Balaban J connectivity index is -0.000000722. The molecule has 0 spiro atoms. The summed E-state index contributed by atoms with van der Waals surface area (Å²) in [5.74, 6) is 0. The van der Waals surface area contributed by atoms with Gasteiger partial charge in [-0.3, -0.25) is 0 Å². The van der Waals surface area contributed by atoms with Crippen LogP contribution < -0.4 is 0 Å². The molecule has 0 amide bonds. The fourth-order valence-electron chi connectivity index (χ4n) is 2.38. The number of hydrogen-bond acceptors (Lipinski definition) is 14. The van der Waals surface area contributed by atoms with Crippen LogP contribution in [0.2, 0.25) is 0 Å². The molecule has 39 heteroatoms. The van der Waals surface area contributed by atoms with Gasteiger partial charge in [0.05, 0.1) is 38.0 Å². The number of sulfonamides is 4. The minimum absolute atomic E-state index is 0. The molecule has 0 saturated heterocycles. The number of alkyl halides is 12. The van der Waals surface area contributed by atoms with Gasteiger partial charge in [-0.05, 0) is 0 Å². The quantitative estimate of drug-likeness (QED) is 0.172. The predicted molar refractivity (Wildman–Crippen MR) is 206 cm³/mol. The third kappa shape index (κ3) is 29.1. The number of imidazole rings is 6. The molecule has 0 unspecified atom stereocenters. The van der Waals surface area contributed by atoms with Crippen molar-refractivity contribution in [3.8, 4) is 0 Å². The van der Waals surface area contributed by atoms with Gasteiger partial charge in [-0.1, -0.05) is 0 Å². The standard InChI is InChI=1S/6C4H6N2.2C2F6NO4S2.Mn/c6*1-6-3-2-5-4-6;2*3-1(4,5)14(10,11)9-15(12,13)2(6,7)8;/h6*2-4H,1H3;;;/q;;;;;;2*-1;+2. The van der Waals surface area contributed by atoms with Gasteiger partial charge in [-0.15, -0.1) is 0 Å². The number of rotatable bonds is 4. The van der Waals surface area contributed by atoms with Gasteiger partial charge in [0.15, 0.2) is 40.1 Å². The van der Waals surface area contributed by atoms with Crippen LogP contribution >= 0.6 is 0 Å². The smallest absolute Gasteiger partial charge is 0.421 e. The van der Waals surface area contributed by atoms with Gasteiger partial charge >= 0.3 is 39.1 Å². The Hall–Kier alpha value is -5.34. The maximum absolute atomic E-state index is 11.4. The molecule has 67 heavy (non-hydrogen) atoms. The first-order chi connectivity index (χ1) is 29.8. The summed E-state index contributed by atoms with van der Waals surface area (Å²) in [5.41, 5.74) is -24.8. The summed E-state index contributed by atoms with van der Waals surface area (Å²) in [7, 11) is -15.3. The maximum atomic E-state index is 11.4. The molecule has 22 nitrogen and oxygen atoms in total.